The van der Waals surface area contributed by atoms with Crippen LogP contribution in [0.15, 0.2) is 24.8 Å². The first kappa shape index (κ1) is 20.5. The van der Waals surface area contributed by atoms with E-state index in [-0.39, 0.29) is 10.8 Å². The number of hydrogen-bond donors (Lipinski definition) is 0. The van der Waals surface area contributed by atoms with Gasteiger partial charge in [-0.25, -0.2) is 4.39 Å². The van der Waals surface area contributed by atoms with Crippen molar-refractivity contribution >= 4 is 11.6 Å². The molecule has 0 radical (unpaired) electrons. The van der Waals surface area contributed by atoms with Crippen LogP contribution < -0.4 is 9.47 Å². The Hall–Kier alpha value is -1.22. The summed E-state index contributed by atoms with van der Waals surface area (Å²) in [5.74, 6) is 3.12. The molecule has 0 heterocycles. The second kappa shape index (κ2) is 9.82. The molecule has 1 aromatic rings. The molecule has 0 bridgehead atoms. The summed E-state index contributed by atoms with van der Waals surface area (Å²) in [7, 11) is 0. The van der Waals surface area contributed by atoms with Crippen molar-refractivity contribution in [3.8, 4) is 11.5 Å². The zero-order chi connectivity index (χ0) is 19.2. The van der Waals surface area contributed by atoms with Crippen molar-refractivity contribution < 1.29 is 13.9 Å². The highest BCUT2D eigenvalue weighted by Gasteiger charge is 2.30. The van der Waals surface area contributed by atoms with Gasteiger partial charge in [-0.1, -0.05) is 17.7 Å². The number of allylic oxidation sites excluding steroid dienone is 1. The lowest BCUT2D eigenvalue weighted by Gasteiger charge is -2.37. The van der Waals surface area contributed by atoms with E-state index in [1.54, 1.807) is 12.1 Å². The second-order valence-electron chi connectivity index (χ2n) is 8.13. The third-order valence-electron chi connectivity index (χ3n) is 6.49. The molecule has 2 aliphatic carbocycles. The predicted octanol–water partition coefficient (Wildman–Crippen LogP) is 7.06. The van der Waals surface area contributed by atoms with Crippen LogP contribution in [0.5, 0.6) is 11.5 Å². The first-order valence-corrected chi connectivity index (χ1v) is 10.9. The fourth-order valence-electron chi connectivity index (χ4n) is 4.78. The van der Waals surface area contributed by atoms with Crippen LogP contribution in [0, 0.1) is 29.5 Å². The van der Waals surface area contributed by atoms with Gasteiger partial charge in [0, 0.05) is 0 Å². The average molecular weight is 395 g/mol. The van der Waals surface area contributed by atoms with Crippen molar-refractivity contribution in [3.05, 3.63) is 35.6 Å². The molecule has 0 aromatic heterocycles. The van der Waals surface area contributed by atoms with E-state index in [0.717, 1.165) is 17.8 Å². The molecule has 150 valence electrons. The van der Waals surface area contributed by atoms with Crippen LogP contribution in [-0.4, -0.2) is 13.2 Å². The Balaban J connectivity index is 1.45. The van der Waals surface area contributed by atoms with E-state index < -0.39 is 5.82 Å². The molecular formula is C23H32ClFO2. The highest BCUT2D eigenvalue weighted by molar-refractivity contribution is 6.32. The smallest absolute Gasteiger partial charge is 0.187 e. The molecular weight excluding hydrogens is 363 g/mol. The Morgan fingerprint density at radius 2 is 1.59 bits per heavy atom. The maximum atomic E-state index is 14.2. The highest BCUT2D eigenvalue weighted by atomic mass is 35.5. The number of hydrogen-bond acceptors (Lipinski definition) is 2. The molecule has 4 heteroatoms. The van der Waals surface area contributed by atoms with Crippen molar-refractivity contribution in [1.29, 1.82) is 0 Å². The largest absolute Gasteiger partial charge is 0.492 e. The summed E-state index contributed by atoms with van der Waals surface area (Å²) in [5.41, 5.74) is 0. The number of benzene rings is 1. The van der Waals surface area contributed by atoms with Crippen molar-refractivity contribution in [3.63, 3.8) is 0 Å². The van der Waals surface area contributed by atoms with E-state index in [2.05, 4.69) is 12.7 Å². The first-order valence-electron chi connectivity index (χ1n) is 10.5. The topological polar surface area (TPSA) is 18.5 Å². The van der Waals surface area contributed by atoms with Crippen LogP contribution >= 0.6 is 11.6 Å². The summed E-state index contributed by atoms with van der Waals surface area (Å²) in [5, 5.41) is 0.0219. The first-order chi connectivity index (χ1) is 13.1. The Morgan fingerprint density at radius 3 is 2.19 bits per heavy atom. The molecule has 0 saturated heterocycles. The molecule has 2 fully saturated rings. The zero-order valence-corrected chi connectivity index (χ0v) is 17.1. The van der Waals surface area contributed by atoms with Crippen molar-refractivity contribution in [2.24, 2.45) is 23.7 Å². The Kier molecular flexibility index (Phi) is 7.46. The van der Waals surface area contributed by atoms with Gasteiger partial charge in [-0.3, -0.25) is 0 Å². The lowest BCUT2D eigenvalue weighted by atomic mass is 9.69. The molecule has 0 N–H and O–H groups in total. The van der Waals surface area contributed by atoms with E-state index in [4.69, 9.17) is 21.1 Å². The van der Waals surface area contributed by atoms with E-state index in [0.29, 0.717) is 24.9 Å². The van der Waals surface area contributed by atoms with Gasteiger partial charge in [0.15, 0.2) is 11.6 Å². The Morgan fingerprint density at radius 1 is 1.00 bits per heavy atom. The molecule has 27 heavy (non-hydrogen) atoms. The van der Waals surface area contributed by atoms with Gasteiger partial charge in [0.25, 0.3) is 0 Å². The van der Waals surface area contributed by atoms with Gasteiger partial charge in [-0.2, -0.15) is 0 Å². The monoisotopic (exact) mass is 394 g/mol. The molecule has 1 aromatic carbocycles. The molecule has 0 atom stereocenters. The molecule has 3 rings (SSSR count). The third-order valence-corrected chi connectivity index (χ3v) is 6.85. The minimum Gasteiger partial charge on any atom is -0.492 e. The molecule has 2 saturated carbocycles. The van der Waals surface area contributed by atoms with Crippen LogP contribution in [-0.2, 0) is 0 Å². The van der Waals surface area contributed by atoms with Crippen molar-refractivity contribution in [2.75, 3.05) is 13.2 Å². The molecule has 0 spiro atoms. The van der Waals surface area contributed by atoms with Gasteiger partial charge < -0.3 is 9.47 Å². The number of ether oxygens (including phenoxy) is 2. The van der Waals surface area contributed by atoms with Gasteiger partial charge in [-0.15, -0.1) is 6.58 Å². The van der Waals surface area contributed by atoms with E-state index >= 15 is 0 Å². The minimum absolute atomic E-state index is 0.0219. The molecule has 2 aliphatic rings. The van der Waals surface area contributed by atoms with Crippen LogP contribution in [0.25, 0.3) is 0 Å². The fourth-order valence-corrected chi connectivity index (χ4v) is 4.99. The zero-order valence-electron chi connectivity index (χ0n) is 16.4. The van der Waals surface area contributed by atoms with E-state index in [9.17, 15) is 4.39 Å². The predicted molar refractivity (Wildman–Crippen MR) is 109 cm³/mol. The quantitative estimate of drug-likeness (QED) is 0.461. The molecule has 0 unspecified atom stereocenters. The Bertz CT molecular complexity index is 617. The normalized spacial score (nSPS) is 28.6. The van der Waals surface area contributed by atoms with Crippen LogP contribution in [0.1, 0.15) is 58.3 Å². The Labute approximate surface area is 168 Å². The summed E-state index contributed by atoms with van der Waals surface area (Å²) in [6.07, 6.45) is 12.5. The number of rotatable bonds is 7. The van der Waals surface area contributed by atoms with Gasteiger partial charge in [0.2, 0.25) is 0 Å². The summed E-state index contributed by atoms with van der Waals surface area (Å²) in [4.78, 5) is 0. The van der Waals surface area contributed by atoms with Gasteiger partial charge in [-0.05, 0) is 94.1 Å². The van der Waals surface area contributed by atoms with Crippen LogP contribution in [0.2, 0.25) is 5.02 Å². The maximum absolute atomic E-state index is 14.2. The highest BCUT2D eigenvalue weighted by Crippen LogP contribution is 2.42. The lowest BCUT2D eigenvalue weighted by molar-refractivity contribution is 0.129. The van der Waals surface area contributed by atoms with Crippen molar-refractivity contribution in [2.45, 2.75) is 58.3 Å². The van der Waals surface area contributed by atoms with E-state index in [1.165, 1.54) is 51.4 Å². The minimum atomic E-state index is -0.533. The SMILES string of the molecule is C=CC1CCC(C2CCC(COc3ccc(OCC)c(F)c3Cl)CC2)CC1. The summed E-state index contributed by atoms with van der Waals surface area (Å²) in [6.45, 7) is 6.79. The van der Waals surface area contributed by atoms with Gasteiger partial charge >= 0.3 is 0 Å². The van der Waals surface area contributed by atoms with Gasteiger partial charge in [0.1, 0.15) is 10.8 Å². The lowest BCUT2D eigenvalue weighted by Crippen LogP contribution is -2.27. The average Bonchev–Trinajstić information content (AvgIpc) is 2.71. The third kappa shape index (κ3) is 5.19. The van der Waals surface area contributed by atoms with E-state index in [1.807, 2.05) is 6.92 Å². The number of halogens is 2. The fraction of sp³-hybridized carbons (Fsp3) is 0.652. The summed E-state index contributed by atoms with van der Waals surface area (Å²) in [6, 6.07) is 3.30. The van der Waals surface area contributed by atoms with Gasteiger partial charge in [0.05, 0.1) is 13.2 Å². The maximum Gasteiger partial charge on any atom is 0.187 e. The summed E-state index contributed by atoms with van der Waals surface area (Å²) < 4.78 is 25.3. The second-order valence-corrected chi connectivity index (χ2v) is 8.50. The summed E-state index contributed by atoms with van der Waals surface area (Å²) >= 11 is 6.11. The van der Waals surface area contributed by atoms with Crippen molar-refractivity contribution in [1.82, 2.24) is 0 Å². The standard InChI is InChI=1S/C23H32ClFO2/c1-3-16-5-9-18(10-6-16)19-11-7-17(8-12-19)15-27-20-13-14-21(26-4-2)23(25)22(20)24/h3,13-14,16-19H,1,4-12,15H2,2H3. The molecule has 0 aliphatic heterocycles. The molecule has 2 nitrogen and oxygen atoms in total. The molecule has 0 amide bonds. The van der Waals surface area contributed by atoms with Crippen LogP contribution in [0.4, 0.5) is 4.39 Å². The van der Waals surface area contributed by atoms with Crippen LogP contribution in [0.3, 0.4) is 0 Å².